The predicted molar refractivity (Wildman–Crippen MR) is 54.8 cm³/mol. The third kappa shape index (κ3) is 2.53. The molecule has 84 valence electrons. The molecule has 2 N–H and O–H groups in total. The van der Waals surface area contributed by atoms with E-state index in [1.54, 1.807) is 10.9 Å². The fourth-order valence-electron chi connectivity index (χ4n) is 2.14. The minimum absolute atomic E-state index is 0.319. The van der Waals surface area contributed by atoms with E-state index in [0.29, 0.717) is 25.9 Å². The van der Waals surface area contributed by atoms with Gasteiger partial charge >= 0.3 is 0 Å². The molecule has 1 aliphatic carbocycles. The molecule has 0 amide bonds. The van der Waals surface area contributed by atoms with E-state index in [2.05, 4.69) is 10.3 Å². The van der Waals surface area contributed by atoms with Crippen LogP contribution in [-0.4, -0.2) is 20.7 Å². The third-order valence-electron chi connectivity index (χ3n) is 2.99. The van der Waals surface area contributed by atoms with Gasteiger partial charge in [0.25, 0.3) is 0 Å². The molecule has 15 heavy (non-hydrogen) atoms. The van der Waals surface area contributed by atoms with Gasteiger partial charge in [0.05, 0.1) is 12.2 Å². The fourth-order valence-corrected chi connectivity index (χ4v) is 2.14. The largest absolute Gasteiger partial charge is 0.325 e. The van der Waals surface area contributed by atoms with E-state index in [1.807, 2.05) is 0 Å². The summed E-state index contributed by atoms with van der Waals surface area (Å²) in [5, 5.41) is 7.73. The van der Waals surface area contributed by atoms with Crippen LogP contribution >= 0.6 is 0 Å². The van der Waals surface area contributed by atoms with Crippen LogP contribution in [0, 0.1) is 0 Å². The van der Waals surface area contributed by atoms with Crippen molar-refractivity contribution in [2.75, 3.05) is 0 Å². The highest BCUT2D eigenvalue weighted by molar-refractivity contribution is 4.92. The number of nitrogens with two attached hydrogens (primary N) is 1. The summed E-state index contributed by atoms with van der Waals surface area (Å²) in [5.74, 6) is 0. The number of rotatable bonds is 3. The van der Waals surface area contributed by atoms with Crippen LogP contribution in [0.1, 0.15) is 37.8 Å². The van der Waals surface area contributed by atoms with E-state index in [0.717, 1.165) is 25.0 Å². The van der Waals surface area contributed by atoms with Gasteiger partial charge in [-0.25, -0.2) is 9.07 Å². The van der Waals surface area contributed by atoms with E-state index in [4.69, 9.17) is 5.73 Å². The van der Waals surface area contributed by atoms with E-state index >= 15 is 0 Å². The summed E-state index contributed by atoms with van der Waals surface area (Å²) in [6, 6.07) is 0. The Labute approximate surface area is 88.6 Å². The van der Waals surface area contributed by atoms with Crippen molar-refractivity contribution in [3.63, 3.8) is 0 Å². The van der Waals surface area contributed by atoms with Crippen LogP contribution in [0.2, 0.25) is 0 Å². The smallest absolute Gasteiger partial charge is 0.130 e. The Morgan fingerprint density at radius 1 is 1.40 bits per heavy atom. The van der Waals surface area contributed by atoms with Crippen molar-refractivity contribution < 1.29 is 4.39 Å². The monoisotopic (exact) mass is 212 g/mol. The van der Waals surface area contributed by atoms with E-state index in [-0.39, 0.29) is 0 Å². The van der Waals surface area contributed by atoms with Gasteiger partial charge in [0.1, 0.15) is 5.67 Å². The quantitative estimate of drug-likeness (QED) is 0.824. The highest BCUT2D eigenvalue weighted by atomic mass is 19.1. The first-order valence-electron chi connectivity index (χ1n) is 5.50. The van der Waals surface area contributed by atoms with Crippen molar-refractivity contribution in [1.29, 1.82) is 0 Å². The van der Waals surface area contributed by atoms with Crippen LogP contribution in [0.15, 0.2) is 6.20 Å². The van der Waals surface area contributed by atoms with Crippen LogP contribution in [-0.2, 0) is 13.1 Å². The van der Waals surface area contributed by atoms with E-state index in [9.17, 15) is 4.39 Å². The lowest BCUT2D eigenvalue weighted by Gasteiger charge is -2.28. The lowest BCUT2D eigenvalue weighted by molar-refractivity contribution is 0.0808. The van der Waals surface area contributed by atoms with Crippen LogP contribution in [0.25, 0.3) is 0 Å². The third-order valence-corrected chi connectivity index (χ3v) is 2.99. The second kappa shape index (κ2) is 4.26. The molecule has 2 rings (SSSR count). The first-order valence-corrected chi connectivity index (χ1v) is 5.50. The summed E-state index contributed by atoms with van der Waals surface area (Å²) in [6.45, 7) is 0.680. The molecule has 0 bridgehead atoms. The Balaban J connectivity index is 2.00. The Bertz CT molecular complexity index is 317. The first-order chi connectivity index (χ1) is 7.22. The Hall–Kier alpha value is -0.970. The molecule has 5 heteroatoms. The molecule has 0 radical (unpaired) electrons. The zero-order valence-corrected chi connectivity index (χ0v) is 8.82. The Kier molecular flexibility index (Phi) is 3.00. The van der Waals surface area contributed by atoms with Gasteiger partial charge in [-0.3, -0.25) is 0 Å². The number of alkyl halides is 1. The van der Waals surface area contributed by atoms with Crippen molar-refractivity contribution in [2.24, 2.45) is 5.73 Å². The molecule has 1 aromatic rings. The summed E-state index contributed by atoms with van der Waals surface area (Å²) in [7, 11) is 0. The average Bonchev–Trinajstić information content (AvgIpc) is 2.66. The molecular formula is C10H17FN4. The first kappa shape index (κ1) is 10.5. The van der Waals surface area contributed by atoms with Gasteiger partial charge in [-0.1, -0.05) is 24.5 Å². The van der Waals surface area contributed by atoms with Gasteiger partial charge in [-0.2, -0.15) is 0 Å². The fraction of sp³-hybridized carbons (Fsp3) is 0.800. The van der Waals surface area contributed by atoms with Crippen molar-refractivity contribution in [2.45, 2.75) is 50.9 Å². The predicted octanol–water partition coefficient (Wildman–Crippen LogP) is 1.41. The van der Waals surface area contributed by atoms with Crippen LogP contribution in [0.5, 0.6) is 0 Å². The molecule has 1 aromatic heterocycles. The molecule has 1 heterocycles. The van der Waals surface area contributed by atoms with Crippen molar-refractivity contribution in [3.05, 3.63) is 11.9 Å². The average molecular weight is 212 g/mol. The second-order valence-corrected chi connectivity index (χ2v) is 4.32. The normalized spacial score (nSPS) is 20.4. The number of hydrogen-bond acceptors (Lipinski definition) is 3. The molecule has 0 atom stereocenters. The SMILES string of the molecule is NCc1cn(CC2(F)CCCCC2)nn1. The molecule has 1 aliphatic rings. The summed E-state index contributed by atoms with van der Waals surface area (Å²) in [6.07, 6.45) is 6.13. The zero-order valence-electron chi connectivity index (χ0n) is 8.82. The number of hydrogen-bond donors (Lipinski definition) is 1. The molecule has 0 spiro atoms. The van der Waals surface area contributed by atoms with Crippen LogP contribution in [0.4, 0.5) is 4.39 Å². The summed E-state index contributed by atoms with van der Waals surface area (Å²) >= 11 is 0. The molecule has 1 fully saturated rings. The van der Waals surface area contributed by atoms with Gasteiger partial charge < -0.3 is 5.73 Å². The standard InChI is InChI=1S/C10H17FN4/c11-10(4-2-1-3-5-10)8-15-7-9(6-12)13-14-15/h7H,1-6,8,12H2. The van der Waals surface area contributed by atoms with Crippen molar-refractivity contribution in [3.8, 4) is 0 Å². The van der Waals surface area contributed by atoms with Crippen molar-refractivity contribution >= 4 is 0 Å². The second-order valence-electron chi connectivity index (χ2n) is 4.32. The minimum atomic E-state index is -1.09. The number of halogens is 1. The highest BCUT2D eigenvalue weighted by Crippen LogP contribution is 2.32. The number of aromatic nitrogens is 3. The van der Waals surface area contributed by atoms with E-state index in [1.165, 1.54) is 0 Å². The maximum absolute atomic E-state index is 14.3. The lowest BCUT2D eigenvalue weighted by atomic mass is 9.86. The molecule has 0 saturated heterocycles. The van der Waals surface area contributed by atoms with Gasteiger partial charge in [0.15, 0.2) is 0 Å². The van der Waals surface area contributed by atoms with Gasteiger partial charge in [-0.05, 0) is 12.8 Å². The molecule has 1 saturated carbocycles. The minimum Gasteiger partial charge on any atom is -0.325 e. The Morgan fingerprint density at radius 3 is 2.73 bits per heavy atom. The molecular weight excluding hydrogens is 195 g/mol. The number of nitrogens with zero attached hydrogens (tertiary/aromatic N) is 3. The summed E-state index contributed by atoms with van der Waals surface area (Å²) in [4.78, 5) is 0. The zero-order chi connectivity index (χ0) is 10.7. The molecule has 0 aromatic carbocycles. The maximum atomic E-state index is 14.3. The van der Waals surface area contributed by atoms with Crippen molar-refractivity contribution in [1.82, 2.24) is 15.0 Å². The maximum Gasteiger partial charge on any atom is 0.130 e. The van der Waals surface area contributed by atoms with Crippen LogP contribution in [0.3, 0.4) is 0 Å². The van der Waals surface area contributed by atoms with Gasteiger partial charge in [-0.15, -0.1) is 5.10 Å². The van der Waals surface area contributed by atoms with Gasteiger partial charge in [0, 0.05) is 12.7 Å². The summed E-state index contributed by atoms with van der Waals surface area (Å²) in [5.41, 5.74) is 5.05. The highest BCUT2D eigenvalue weighted by Gasteiger charge is 2.32. The molecule has 0 unspecified atom stereocenters. The topological polar surface area (TPSA) is 56.7 Å². The Morgan fingerprint density at radius 2 is 2.13 bits per heavy atom. The van der Waals surface area contributed by atoms with Crippen LogP contribution < -0.4 is 5.73 Å². The molecule has 0 aliphatic heterocycles. The molecule has 4 nitrogen and oxygen atoms in total. The van der Waals surface area contributed by atoms with E-state index < -0.39 is 5.67 Å². The summed E-state index contributed by atoms with van der Waals surface area (Å²) < 4.78 is 15.8. The lowest BCUT2D eigenvalue weighted by Crippen LogP contribution is -2.31. The van der Waals surface area contributed by atoms with Gasteiger partial charge in [0.2, 0.25) is 0 Å².